The van der Waals surface area contributed by atoms with Gasteiger partial charge in [0.05, 0.1) is 5.69 Å². The number of aromatic amines is 1. The number of H-pyrrole nitrogens is 1. The maximum Gasteiger partial charge on any atom is 0.248 e. The summed E-state index contributed by atoms with van der Waals surface area (Å²) in [6.45, 7) is 0. The molecule has 0 unspecified atom stereocenters. The molecule has 0 spiro atoms. The molecule has 1 aliphatic rings. The van der Waals surface area contributed by atoms with E-state index in [9.17, 15) is 4.79 Å². The third-order valence-corrected chi connectivity index (χ3v) is 3.13. The summed E-state index contributed by atoms with van der Waals surface area (Å²) in [7, 11) is 0. The Labute approximate surface area is 111 Å². The Hall–Kier alpha value is -1.65. The molecule has 3 N–H and O–H groups in total. The molecular weight excluding hydrogens is 250 g/mol. The van der Waals surface area contributed by atoms with Gasteiger partial charge in [-0.3, -0.25) is 9.78 Å². The second-order valence-corrected chi connectivity index (χ2v) is 4.42. The molecule has 94 valence electrons. The zero-order valence-electron chi connectivity index (χ0n) is 9.67. The molecule has 2 aromatic heterocycles. The first-order valence-corrected chi connectivity index (χ1v) is 5.65. The van der Waals surface area contributed by atoms with Gasteiger partial charge in [0, 0.05) is 36.0 Å². The van der Waals surface area contributed by atoms with Gasteiger partial charge in [-0.25, -0.2) is 0 Å². The highest BCUT2D eigenvalue weighted by Crippen LogP contribution is 2.38. The van der Waals surface area contributed by atoms with Crippen molar-refractivity contribution in [3.8, 4) is 11.3 Å². The van der Waals surface area contributed by atoms with Crippen molar-refractivity contribution in [2.24, 2.45) is 5.73 Å². The lowest BCUT2D eigenvalue weighted by molar-refractivity contribution is 0.981. The summed E-state index contributed by atoms with van der Waals surface area (Å²) in [6.07, 6.45) is 4.53. The van der Waals surface area contributed by atoms with E-state index in [1.54, 1.807) is 12.3 Å². The normalized spacial score (nSPS) is 21.2. The highest BCUT2D eigenvalue weighted by atomic mass is 35.5. The monoisotopic (exact) mass is 263 g/mol. The van der Waals surface area contributed by atoms with Crippen molar-refractivity contribution >= 4 is 12.4 Å². The summed E-state index contributed by atoms with van der Waals surface area (Å²) in [5.41, 5.74) is 8.51. The van der Waals surface area contributed by atoms with Gasteiger partial charge in [0.15, 0.2) is 0 Å². The topological polar surface area (TPSA) is 71.8 Å². The van der Waals surface area contributed by atoms with Crippen LogP contribution >= 0.6 is 12.4 Å². The predicted molar refractivity (Wildman–Crippen MR) is 72.9 cm³/mol. The molecule has 2 aromatic rings. The van der Waals surface area contributed by atoms with Crippen LogP contribution in [-0.4, -0.2) is 16.0 Å². The van der Waals surface area contributed by atoms with E-state index < -0.39 is 0 Å². The van der Waals surface area contributed by atoms with E-state index >= 15 is 0 Å². The van der Waals surface area contributed by atoms with Crippen LogP contribution in [0.3, 0.4) is 0 Å². The Morgan fingerprint density at radius 3 is 2.67 bits per heavy atom. The van der Waals surface area contributed by atoms with Crippen LogP contribution in [0.4, 0.5) is 0 Å². The molecule has 0 amide bonds. The fourth-order valence-corrected chi connectivity index (χ4v) is 2.00. The van der Waals surface area contributed by atoms with Crippen LogP contribution in [0.25, 0.3) is 11.3 Å². The van der Waals surface area contributed by atoms with E-state index in [0.29, 0.717) is 12.0 Å². The molecule has 0 aromatic carbocycles. The van der Waals surface area contributed by atoms with Crippen molar-refractivity contribution < 1.29 is 0 Å². The molecule has 2 atom stereocenters. The Morgan fingerprint density at radius 1 is 1.33 bits per heavy atom. The van der Waals surface area contributed by atoms with E-state index in [4.69, 9.17) is 5.73 Å². The molecule has 1 aliphatic carbocycles. The molecular formula is C13H14ClN3O. The number of nitrogens with one attached hydrogen (secondary N) is 1. The Kier molecular flexibility index (Phi) is 3.50. The average Bonchev–Trinajstić information content (AvgIpc) is 3.07. The van der Waals surface area contributed by atoms with Crippen LogP contribution in [0, 0.1) is 0 Å². The summed E-state index contributed by atoms with van der Waals surface area (Å²) >= 11 is 0. The number of rotatable bonds is 2. The molecule has 3 rings (SSSR count). The number of nitrogens with zero attached hydrogens (tertiary/aromatic N) is 1. The summed E-state index contributed by atoms with van der Waals surface area (Å²) in [6, 6.07) is 7.66. The maximum atomic E-state index is 11.2. The van der Waals surface area contributed by atoms with E-state index in [-0.39, 0.29) is 18.0 Å². The summed E-state index contributed by atoms with van der Waals surface area (Å²) < 4.78 is 0. The molecule has 1 fully saturated rings. The second kappa shape index (κ2) is 4.92. The van der Waals surface area contributed by atoms with E-state index in [2.05, 4.69) is 9.97 Å². The van der Waals surface area contributed by atoms with Crippen molar-refractivity contribution in [1.29, 1.82) is 0 Å². The molecule has 1 saturated carbocycles. The van der Waals surface area contributed by atoms with Crippen molar-refractivity contribution in [2.45, 2.75) is 18.4 Å². The molecule has 0 bridgehead atoms. The van der Waals surface area contributed by atoms with Crippen molar-refractivity contribution in [2.75, 3.05) is 0 Å². The third-order valence-electron chi connectivity index (χ3n) is 3.13. The Bertz CT molecular complexity index is 594. The van der Waals surface area contributed by atoms with Crippen LogP contribution in [0.2, 0.25) is 0 Å². The minimum Gasteiger partial charge on any atom is -0.329 e. The highest BCUT2D eigenvalue weighted by Gasteiger charge is 2.34. The summed E-state index contributed by atoms with van der Waals surface area (Å²) in [4.78, 5) is 18.2. The van der Waals surface area contributed by atoms with Crippen LogP contribution in [0.5, 0.6) is 0 Å². The van der Waals surface area contributed by atoms with E-state index in [1.165, 1.54) is 5.56 Å². The standard InChI is InChI=1S/C13H13N3O.ClH/c14-11-6-10(11)9-1-2-12(16-7-9)8-3-4-15-13(17)5-8;/h1-5,7,10-11H,6,14H2,(H,15,17);1H/t10-,11+;/m0./s1. The molecule has 2 heterocycles. The van der Waals surface area contributed by atoms with Gasteiger partial charge in [-0.1, -0.05) is 6.07 Å². The number of hydrogen-bond donors (Lipinski definition) is 2. The fourth-order valence-electron chi connectivity index (χ4n) is 2.00. The van der Waals surface area contributed by atoms with Crippen LogP contribution in [0.1, 0.15) is 17.9 Å². The average molecular weight is 264 g/mol. The van der Waals surface area contributed by atoms with Gasteiger partial charge in [-0.05, 0) is 24.1 Å². The maximum absolute atomic E-state index is 11.2. The van der Waals surface area contributed by atoms with E-state index in [1.807, 2.05) is 24.4 Å². The first-order valence-electron chi connectivity index (χ1n) is 5.65. The second-order valence-electron chi connectivity index (χ2n) is 4.42. The number of aromatic nitrogens is 2. The van der Waals surface area contributed by atoms with Crippen molar-refractivity contribution in [1.82, 2.24) is 9.97 Å². The lowest BCUT2D eigenvalue weighted by atomic mass is 10.1. The van der Waals surface area contributed by atoms with Crippen molar-refractivity contribution in [3.05, 3.63) is 52.6 Å². The van der Waals surface area contributed by atoms with Gasteiger partial charge in [0.25, 0.3) is 0 Å². The molecule has 5 heteroatoms. The van der Waals surface area contributed by atoms with Crippen LogP contribution in [-0.2, 0) is 0 Å². The van der Waals surface area contributed by atoms with Crippen LogP contribution < -0.4 is 11.3 Å². The lowest BCUT2D eigenvalue weighted by Gasteiger charge is -2.02. The molecule has 0 saturated heterocycles. The number of hydrogen-bond acceptors (Lipinski definition) is 3. The first-order chi connectivity index (χ1) is 8.24. The molecule has 18 heavy (non-hydrogen) atoms. The lowest BCUT2D eigenvalue weighted by Crippen LogP contribution is -2.03. The predicted octanol–water partition coefficient (Wildman–Crippen LogP) is 1.67. The largest absolute Gasteiger partial charge is 0.329 e. The smallest absolute Gasteiger partial charge is 0.248 e. The van der Waals surface area contributed by atoms with Gasteiger partial charge in [-0.15, -0.1) is 12.4 Å². The minimum atomic E-state index is -0.113. The fraction of sp³-hybridized carbons (Fsp3) is 0.231. The molecule has 0 aliphatic heterocycles. The number of pyridine rings is 2. The van der Waals surface area contributed by atoms with Gasteiger partial charge in [-0.2, -0.15) is 0 Å². The molecule has 0 radical (unpaired) electrons. The number of nitrogens with two attached hydrogens (primary N) is 1. The van der Waals surface area contributed by atoms with Gasteiger partial charge in [0.1, 0.15) is 0 Å². The molecule has 4 nitrogen and oxygen atoms in total. The SMILES string of the molecule is Cl.N[C@@H]1C[C@H]1c1ccc(-c2cc[nH]c(=O)c2)nc1. The van der Waals surface area contributed by atoms with Gasteiger partial charge >= 0.3 is 0 Å². The Balaban J connectivity index is 0.00000120. The Morgan fingerprint density at radius 2 is 2.11 bits per heavy atom. The zero-order valence-corrected chi connectivity index (χ0v) is 10.5. The summed E-state index contributed by atoms with van der Waals surface area (Å²) in [5.74, 6) is 0.468. The minimum absolute atomic E-state index is 0. The quantitative estimate of drug-likeness (QED) is 0.866. The van der Waals surface area contributed by atoms with Gasteiger partial charge < -0.3 is 10.7 Å². The first kappa shape index (κ1) is 12.8. The third kappa shape index (κ3) is 2.44. The number of halogens is 1. The van der Waals surface area contributed by atoms with Crippen molar-refractivity contribution in [3.63, 3.8) is 0 Å². The zero-order chi connectivity index (χ0) is 11.8. The highest BCUT2D eigenvalue weighted by molar-refractivity contribution is 5.85. The summed E-state index contributed by atoms with van der Waals surface area (Å²) in [5, 5.41) is 0. The van der Waals surface area contributed by atoms with Crippen LogP contribution in [0.15, 0.2) is 41.5 Å². The van der Waals surface area contributed by atoms with E-state index in [0.717, 1.165) is 17.7 Å². The van der Waals surface area contributed by atoms with Gasteiger partial charge in [0.2, 0.25) is 5.56 Å².